The van der Waals surface area contributed by atoms with Gasteiger partial charge in [-0.25, -0.2) is 0 Å². The van der Waals surface area contributed by atoms with Gasteiger partial charge in [0.15, 0.2) is 5.88 Å². The molecule has 4 N–H and O–H groups in total. The number of nitrogens with zero attached hydrogens (tertiary/aromatic N) is 1. The minimum atomic E-state index is -0.159. The number of allylic oxidation sites excluding steroid dienone is 3. The van der Waals surface area contributed by atoms with E-state index in [1.807, 2.05) is 27.7 Å². The Labute approximate surface area is 104 Å². The normalized spacial score (nSPS) is 14.1. The summed E-state index contributed by atoms with van der Waals surface area (Å²) < 4.78 is 0. The smallest absolute Gasteiger partial charge is 0.185 e. The Morgan fingerprint density at radius 3 is 2.47 bits per heavy atom. The minimum Gasteiger partial charge on any atom is -0.495 e. The first kappa shape index (κ1) is 15.3. The van der Waals surface area contributed by atoms with Gasteiger partial charge in [0, 0.05) is 17.8 Å². The van der Waals surface area contributed by atoms with Crippen LogP contribution in [0.3, 0.4) is 0 Å². The second kappa shape index (κ2) is 7.54. The molecule has 4 nitrogen and oxygen atoms in total. The summed E-state index contributed by atoms with van der Waals surface area (Å²) in [5, 5.41) is 12.4. The molecule has 0 aromatic carbocycles. The van der Waals surface area contributed by atoms with E-state index in [9.17, 15) is 5.11 Å². The maximum Gasteiger partial charge on any atom is 0.185 e. The number of hydrogen-bond donors (Lipinski definition) is 3. The molecule has 0 aromatic rings. The number of rotatable bonds is 6. The number of aliphatic hydroxyl groups excluding tert-OH is 1. The van der Waals surface area contributed by atoms with Crippen molar-refractivity contribution in [2.45, 2.75) is 27.7 Å². The summed E-state index contributed by atoms with van der Waals surface area (Å²) in [6.45, 7) is 12.3. The summed E-state index contributed by atoms with van der Waals surface area (Å²) in [7, 11) is 0. The zero-order valence-electron chi connectivity index (χ0n) is 11.1. The van der Waals surface area contributed by atoms with Crippen LogP contribution in [0.2, 0.25) is 0 Å². The minimum absolute atomic E-state index is 0.138. The molecule has 0 unspecified atom stereocenters. The van der Waals surface area contributed by atoms with Crippen LogP contribution in [0.1, 0.15) is 27.7 Å². The molecule has 0 rings (SSSR count). The van der Waals surface area contributed by atoms with E-state index in [0.717, 1.165) is 11.3 Å². The molecule has 0 spiro atoms. The molecule has 0 aliphatic rings. The lowest BCUT2D eigenvalue weighted by atomic mass is 10.0. The van der Waals surface area contributed by atoms with E-state index in [4.69, 9.17) is 5.73 Å². The van der Waals surface area contributed by atoms with E-state index in [1.165, 1.54) is 0 Å². The summed E-state index contributed by atoms with van der Waals surface area (Å²) in [6, 6.07) is 0. The number of hydrogen-bond acceptors (Lipinski definition) is 3. The molecular weight excluding hydrogens is 214 g/mol. The molecule has 0 saturated carbocycles. The van der Waals surface area contributed by atoms with Gasteiger partial charge < -0.3 is 16.2 Å². The summed E-state index contributed by atoms with van der Waals surface area (Å²) in [5.41, 5.74) is 7.77. The molecule has 0 atom stereocenters. The third-order valence-electron chi connectivity index (χ3n) is 2.17. The highest BCUT2D eigenvalue weighted by atomic mass is 16.3. The van der Waals surface area contributed by atoms with Crippen LogP contribution in [0, 0.1) is 5.92 Å². The number of nitrogens with one attached hydrogen (secondary N) is 1. The molecule has 4 heteroatoms. The lowest BCUT2D eigenvalue weighted by Gasteiger charge is -2.12. The summed E-state index contributed by atoms with van der Waals surface area (Å²) in [4.78, 5) is 4.06. The van der Waals surface area contributed by atoms with Crippen LogP contribution in [0.5, 0.6) is 0 Å². The van der Waals surface area contributed by atoms with Gasteiger partial charge in [-0.1, -0.05) is 20.4 Å². The van der Waals surface area contributed by atoms with E-state index in [-0.39, 0.29) is 11.8 Å². The molecule has 0 saturated heterocycles. The second-order valence-corrected chi connectivity index (χ2v) is 4.11. The average molecular weight is 237 g/mol. The van der Waals surface area contributed by atoms with Crippen molar-refractivity contribution in [3.8, 4) is 0 Å². The average Bonchev–Trinajstić information content (AvgIpc) is 2.21. The van der Waals surface area contributed by atoms with Gasteiger partial charge in [0.05, 0.1) is 6.34 Å². The SMILES string of the molecule is C=C(C)/C(=C\C(=C(/N)O)C(C)C)NC=NCC. The first-order chi connectivity index (χ1) is 7.90. The van der Waals surface area contributed by atoms with Crippen LogP contribution in [0.4, 0.5) is 0 Å². The lowest BCUT2D eigenvalue weighted by molar-refractivity contribution is 0.393. The largest absolute Gasteiger partial charge is 0.495 e. The topological polar surface area (TPSA) is 70.6 Å². The molecule has 0 heterocycles. The van der Waals surface area contributed by atoms with E-state index < -0.39 is 0 Å². The van der Waals surface area contributed by atoms with E-state index >= 15 is 0 Å². The third kappa shape index (κ3) is 5.80. The molecule has 0 fully saturated rings. The monoisotopic (exact) mass is 237 g/mol. The lowest BCUT2D eigenvalue weighted by Crippen LogP contribution is -2.14. The molecule has 0 aliphatic carbocycles. The van der Waals surface area contributed by atoms with Crippen LogP contribution >= 0.6 is 0 Å². The Hall–Kier alpha value is -1.71. The Kier molecular flexibility index (Phi) is 6.79. The van der Waals surface area contributed by atoms with Gasteiger partial charge in [0.2, 0.25) is 0 Å². The van der Waals surface area contributed by atoms with E-state index in [1.54, 1.807) is 12.4 Å². The number of aliphatic imine (C=N–C) groups is 1. The van der Waals surface area contributed by atoms with Crippen LogP contribution in [0.15, 0.2) is 40.4 Å². The van der Waals surface area contributed by atoms with Crippen LogP contribution in [-0.4, -0.2) is 18.0 Å². The standard InChI is InChI=1S/C13H23N3O/c1-6-15-8-16-12(10(4)5)7-11(9(2)3)13(14)17/h7-9,17H,4,6,14H2,1-3,5H3,(H,15,16)/b12-7+,13-11-. The molecule has 0 bridgehead atoms. The summed E-state index contributed by atoms with van der Waals surface area (Å²) in [5.74, 6) is -0.0211. The molecule has 17 heavy (non-hydrogen) atoms. The molecule has 0 amide bonds. The zero-order valence-corrected chi connectivity index (χ0v) is 11.1. The number of nitrogens with two attached hydrogens (primary N) is 1. The van der Waals surface area contributed by atoms with Gasteiger partial charge in [-0.15, -0.1) is 0 Å². The Bertz CT molecular complexity index is 348. The maximum absolute atomic E-state index is 9.41. The fourth-order valence-electron chi connectivity index (χ4n) is 1.19. The molecule has 0 aromatic heterocycles. The van der Waals surface area contributed by atoms with Crippen LogP contribution < -0.4 is 11.1 Å². The third-order valence-corrected chi connectivity index (χ3v) is 2.17. The van der Waals surface area contributed by atoms with Crippen LogP contribution in [-0.2, 0) is 0 Å². The summed E-state index contributed by atoms with van der Waals surface area (Å²) in [6.07, 6.45) is 3.41. The highest BCUT2D eigenvalue weighted by Gasteiger charge is 2.07. The van der Waals surface area contributed by atoms with Crippen molar-refractivity contribution in [1.82, 2.24) is 5.32 Å². The van der Waals surface area contributed by atoms with Crippen molar-refractivity contribution >= 4 is 6.34 Å². The van der Waals surface area contributed by atoms with Gasteiger partial charge in [-0.2, -0.15) is 0 Å². The zero-order chi connectivity index (χ0) is 13.4. The molecular formula is C13H23N3O. The Balaban J connectivity index is 5.11. The quantitative estimate of drug-likeness (QED) is 0.288. The predicted molar refractivity (Wildman–Crippen MR) is 73.7 cm³/mol. The van der Waals surface area contributed by atoms with E-state index in [2.05, 4.69) is 16.9 Å². The van der Waals surface area contributed by atoms with Gasteiger partial charge >= 0.3 is 0 Å². The van der Waals surface area contributed by atoms with Crippen molar-refractivity contribution in [3.05, 3.63) is 35.4 Å². The van der Waals surface area contributed by atoms with Gasteiger partial charge in [0.1, 0.15) is 0 Å². The van der Waals surface area contributed by atoms with Crippen molar-refractivity contribution in [2.24, 2.45) is 16.6 Å². The Morgan fingerprint density at radius 1 is 1.53 bits per heavy atom. The van der Waals surface area contributed by atoms with Crippen molar-refractivity contribution in [2.75, 3.05) is 6.54 Å². The van der Waals surface area contributed by atoms with Crippen LogP contribution in [0.25, 0.3) is 0 Å². The van der Waals surface area contributed by atoms with Crippen molar-refractivity contribution in [3.63, 3.8) is 0 Å². The predicted octanol–water partition coefficient (Wildman–Crippen LogP) is 2.47. The first-order valence-electron chi connectivity index (χ1n) is 5.71. The van der Waals surface area contributed by atoms with Gasteiger partial charge in [-0.3, -0.25) is 4.99 Å². The fourth-order valence-corrected chi connectivity index (χ4v) is 1.19. The highest BCUT2D eigenvalue weighted by molar-refractivity contribution is 5.60. The highest BCUT2D eigenvalue weighted by Crippen LogP contribution is 2.16. The fraction of sp³-hybridized carbons (Fsp3) is 0.462. The van der Waals surface area contributed by atoms with Gasteiger partial charge in [0.25, 0.3) is 0 Å². The van der Waals surface area contributed by atoms with E-state index in [0.29, 0.717) is 12.1 Å². The maximum atomic E-state index is 9.41. The van der Waals surface area contributed by atoms with Crippen molar-refractivity contribution < 1.29 is 5.11 Å². The second-order valence-electron chi connectivity index (χ2n) is 4.11. The molecule has 0 aliphatic heterocycles. The van der Waals surface area contributed by atoms with Crippen molar-refractivity contribution in [1.29, 1.82) is 0 Å². The first-order valence-corrected chi connectivity index (χ1v) is 5.71. The number of aliphatic hydroxyl groups is 1. The molecule has 96 valence electrons. The molecule has 0 radical (unpaired) electrons. The van der Waals surface area contributed by atoms with Gasteiger partial charge in [-0.05, 0) is 31.4 Å². The summed E-state index contributed by atoms with van der Waals surface area (Å²) >= 11 is 0. The Morgan fingerprint density at radius 2 is 2.12 bits per heavy atom.